The third-order valence-corrected chi connectivity index (χ3v) is 5.26. The molecule has 3 aromatic rings. The lowest BCUT2D eigenvalue weighted by Crippen LogP contribution is -2.49. The van der Waals surface area contributed by atoms with Crippen LogP contribution in [0.2, 0.25) is 0 Å². The number of hydrogen-bond donors (Lipinski definition) is 0. The summed E-state index contributed by atoms with van der Waals surface area (Å²) in [7, 11) is 0. The number of carbonyl (C=O) groups excluding carboxylic acids is 1. The molecule has 4 rings (SSSR count). The molecule has 0 radical (unpaired) electrons. The molecule has 3 heterocycles. The second-order valence-corrected chi connectivity index (χ2v) is 7.11. The first kappa shape index (κ1) is 17.6. The Kier molecular flexibility index (Phi) is 5.11. The van der Waals surface area contributed by atoms with Crippen LogP contribution in [-0.2, 0) is 0 Å². The molecule has 1 fully saturated rings. The molecule has 0 spiro atoms. The van der Waals surface area contributed by atoms with Gasteiger partial charge in [-0.3, -0.25) is 9.78 Å². The van der Waals surface area contributed by atoms with Crippen LogP contribution < -0.4 is 4.90 Å². The van der Waals surface area contributed by atoms with Crippen molar-refractivity contribution in [3.8, 4) is 11.4 Å². The minimum atomic E-state index is 0.0544. The maximum atomic E-state index is 12.7. The number of benzene rings is 1. The van der Waals surface area contributed by atoms with Gasteiger partial charge in [0.2, 0.25) is 0 Å². The van der Waals surface area contributed by atoms with Crippen molar-refractivity contribution < 1.29 is 4.79 Å². The maximum absolute atomic E-state index is 12.7. The van der Waals surface area contributed by atoms with Crippen LogP contribution in [0.3, 0.4) is 0 Å². The zero-order chi connectivity index (χ0) is 18.6. The highest BCUT2D eigenvalue weighted by molar-refractivity contribution is 9.10. The minimum absolute atomic E-state index is 0.0544. The highest BCUT2D eigenvalue weighted by atomic mass is 79.9. The Labute approximate surface area is 166 Å². The van der Waals surface area contributed by atoms with E-state index in [9.17, 15) is 4.79 Å². The average Bonchev–Trinajstić information content (AvgIpc) is 2.74. The van der Waals surface area contributed by atoms with E-state index in [0.717, 1.165) is 34.8 Å². The third-order valence-electron chi connectivity index (χ3n) is 4.57. The zero-order valence-corrected chi connectivity index (χ0v) is 16.2. The zero-order valence-electron chi connectivity index (χ0n) is 14.6. The van der Waals surface area contributed by atoms with E-state index in [-0.39, 0.29) is 5.91 Å². The van der Waals surface area contributed by atoms with Gasteiger partial charge in [0.25, 0.3) is 5.91 Å². The first-order chi connectivity index (χ1) is 13.2. The van der Waals surface area contributed by atoms with Crippen molar-refractivity contribution in [1.29, 1.82) is 0 Å². The van der Waals surface area contributed by atoms with Crippen molar-refractivity contribution in [3.63, 3.8) is 0 Å². The van der Waals surface area contributed by atoms with E-state index in [1.807, 2.05) is 59.5 Å². The highest BCUT2D eigenvalue weighted by Gasteiger charge is 2.24. The Bertz CT molecular complexity index is 925. The molecule has 1 aromatic carbocycles. The molecule has 0 bridgehead atoms. The lowest BCUT2D eigenvalue weighted by Gasteiger charge is -2.35. The summed E-state index contributed by atoms with van der Waals surface area (Å²) in [5, 5.41) is 8.64. The van der Waals surface area contributed by atoms with Crippen LogP contribution in [0.15, 0.2) is 65.3 Å². The largest absolute Gasteiger partial charge is 0.352 e. The molecule has 6 nitrogen and oxygen atoms in total. The number of hydrogen-bond acceptors (Lipinski definition) is 5. The Balaban J connectivity index is 1.41. The van der Waals surface area contributed by atoms with E-state index < -0.39 is 0 Å². The van der Waals surface area contributed by atoms with Crippen molar-refractivity contribution >= 4 is 27.7 Å². The van der Waals surface area contributed by atoms with Crippen LogP contribution in [-0.4, -0.2) is 52.2 Å². The number of aromatic nitrogens is 3. The number of nitrogens with zero attached hydrogens (tertiary/aromatic N) is 5. The van der Waals surface area contributed by atoms with Gasteiger partial charge in [-0.15, -0.1) is 10.2 Å². The number of rotatable bonds is 3. The Morgan fingerprint density at radius 2 is 1.63 bits per heavy atom. The molecule has 1 aliphatic rings. The van der Waals surface area contributed by atoms with Crippen molar-refractivity contribution in [2.45, 2.75) is 0 Å². The smallest absolute Gasteiger partial charge is 0.255 e. The van der Waals surface area contributed by atoms with E-state index in [4.69, 9.17) is 0 Å². The van der Waals surface area contributed by atoms with Crippen molar-refractivity contribution in [2.24, 2.45) is 0 Å². The summed E-state index contributed by atoms with van der Waals surface area (Å²) in [6.45, 7) is 2.77. The Morgan fingerprint density at radius 3 is 2.30 bits per heavy atom. The summed E-state index contributed by atoms with van der Waals surface area (Å²) >= 11 is 3.46. The molecule has 0 N–H and O–H groups in total. The van der Waals surface area contributed by atoms with Gasteiger partial charge in [0.1, 0.15) is 5.69 Å². The van der Waals surface area contributed by atoms with Gasteiger partial charge >= 0.3 is 0 Å². The fraction of sp³-hybridized carbons (Fsp3) is 0.200. The minimum Gasteiger partial charge on any atom is -0.352 e. The Morgan fingerprint density at radius 1 is 0.852 bits per heavy atom. The van der Waals surface area contributed by atoms with Gasteiger partial charge in [0.05, 0.1) is 11.3 Å². The monoisotopic (exact) mass is 423 g/mol. The Hall–Kier alpha value is -2.80. The molecule has 136 valence electrons. The molecule has 7 heteroatoms. The highest BCUT2D eigenvalue weighted by Crippen LogP contribution is 2.21. The number of halogens is 1. The fourth-order valence-corrected chi connectivity index (χ4v) is 3.54. The fourth-order valence-electron chi connectivity index (χ4n) is 3.09. The van der Waals surface area contributed by atoms with E-state index in [2.05, 4.69) is 36.0 Å². The molecule has 0 aliphatic carbocycles. The average molecular weight is 424 g/mol. The first-order valence-corrected chi connectivity index (χ1v) is 9.55. The van der Waals surface area contributed by atoms with Crippen LogP contribution in [0.4, 0.5) is 5.82 Å². The maximum Gasteiger partial charge on any atom is 0.255 e. The summed E-state index contributed by atoms with van der Waals surface area (Å²) in [4.78, 5) is 21.0. The summed E-state index contributed by atoms with van der Waals surface area (Å²) < 4.78 is 0.827. The number of amides is 1. The summed E-state index contributed by atoms with van der Waals surface area (Å²) in [5.41, 5.74) is 2.26. The SMILES string of the molecule is O=C(c1ccccc1Br)N1CCN(c2ccc(-c3ccccn3)nn2)CC1. The molecule has 0 atom stereocenters. The van der Waals surface area contributed by atoms with Gasteiger partial charge in [0.15, 0.2) is 5.82 Å². The first-order valence-electron chi connectivity index (χ1n) is 8.76. The number of anilines is 1. The van der Waals surface area contributed by atoms with Crippen LogP contribution in [0.5, 0.6) is 0 Å². The predicted octanol–water partition coefficient (Wildman–Crippen LogP) is 3.26. The normalized spacial score (nSPS) is 14.3. The van der Waals surface area contributed by atoms with Crippen LogP contribution in [0.1, 0.15) is 10.4 Å². The number of pyridine rings is 1. The van der Waals surface area contributed by atoms with Crippen molar-refractivity contribution in [3.05, 3.63) is 70.8 Å². The van der Waals surface area contributed by atoms with Gasteiger partial charge < -0.3 is 9.80 Å². The predicted molar refractivity (Wildman–Crippen MR) is 108 cm³/mol. The van der Waals surface area contributed by atoms with Gasteiger partial charge in [0, 0.05) is 36.8 Å². The lowest BCUT2D eigenvalue weighted by molar-refractivity contribution is 0.0745. The molecule has 0 unspecified atom stereocenters. The molecular weight excluding hydrogens is 406 g/mol. The van der Waals surface area contributed by atoms with Crippen LogP contribution >= 0.6 is 15.9 Å². The van der Waals surface area contributed by atoms with E-state index in [0.29, 0.717) is 18.7 Å². The molecule has 1 amide bonds. The van der Waals surface area contributed by atoms with Crippen LogP contribution in [0, 0.1) is 0 Å². The molecule has 0 saturated carbocycles. The van der Waals surface area contributed by atoms with E-state index in [1.165, 1.54) is 0 Å². The number of carbonyl (C=O) groups is 1. The van der Waals surface area contributed by atoms with E-state index >= 15 is 0 Å². The van der Waals surface area contributed by atoms with E-state index in [1.54, 1.807) is 6.20 Å². The second kappa shape index (κ2) is 7.84. The van der Waals surface area contributed by atoms with Gasteiger partial charge in [-0.1, -0.05) is 18.2 Å². The van der Waals surface area contributed by atoms with Crippen molar-refractivity contribution in [2.75, 3.05) is 31.1 Å². The standard InChI is InChI=1S/C20H18BrN5O/c21-16-6-2-1-5-15(16)20(27)26-13-11-25(12-14-26)19-9-8-18(23-24-19)17-7-3-4-10-22-17/h1-10H,11-14H2. The molecule has 1 saturated heterocycles. The summed E-state index contributed by atoms with van der Waals surface area (Å²) in [6, 6.07) is 17.1. The summed E-state index contributed by atoms with van der Waals surface area (Å²) in [5.74, 6) is 0.876. The van der Waals surface area contributed by atoms with Gasteiger partial charge in [-0.2, -0.15) is 0 Å². The number of piperazine rings is 1. The third kappa shape index (κ3) is 3.83. The van der Waals surface area contributed by atoms with Crippen LogP contribution in [0.25, 0.3) is 11.4 Å². The topological polar surface area (TPSA) is 62.2 Å². The van der Waals surface area contributed by atoms with Crippen molar-refractivity contribution in [1.82, 2.24) is 20.1 Å². The molecule has 1 aliphatic heterocycles. The molecular formula is C20H18BrN5O. The molecule has 27 heavy (non-hydrogen) atoms. The van der Waals surface area contributed by atoms with Gasteiger partial charge in [-0.05, 0) is 52.3 Å². The second-order valence-electron chi connectivity index (χ2n) is 6.25. The summed E-state index contributed by atoms with van der Waals surface area (Å²) in [6.07, 6.45) is 1.74. The quantitative estimate of drug-likeness (QED) is 0.646. The molecule has 2 aromatic heterocycles. The lowest BCUT2D eigenvalue weighted by atomic mass is 10.2. The van der Waals surface area contributed by atoms with Gasteiger partial charge in [-0.25, -0.2) is 0 Å².